The van der Waals surface area contributed by atoms with Crippen molar-refractivity contribution in [2.24, 2.45) is 10.9 Å². The third-order valence-electron chi connectivity index (χ3n) is 5.28. The van der Waals surface area contributed by atoms with Crippen molar-refractivity contribution >= 4 is 19.8 Å². The third-order valence-corrected chi connectivity index (χ3v) is 5.28. The van der Waals surface area contributed by atoms with Gasteiger partial charge >= 0.3 is 0 Å². The highest BCUT2D eigenvalue weighted by Gasteiger charge is 2.28. The van der Waals surface area contributed by atoms with E-state index in [1.807, 2.05) is 24.4 Å². The van der Waals surface area contributed by atoms with Crippen LogP contribution in [0.2, 0.25) is 6.32 Å². The van der Waals surface area contributed by atoms with Crippen LogP contribution in [0, 0.1) is 17.1 Å². The van der Waals surface area contributed by atoms with Crippen molar-refractivity contribution in [3.8, 4) is 0 Å². The maximum atomic E-state index is 14.1. The molecule has 28 heavy (non-hydrogen) atoms. The minimum atomic E-state index is -0.190. The van der Waals surface area contributed by atoms with Crippen molar-refractivity contribution in [3.05, 3.63) is 59.6 Å². The smallest absolute Gasteiger partial charge is 0.128 e. The average molecular weight is 381 g/mol. The van der Waals surface area contributed by atoms with Crippen LogP contribution in [0.15, 0.2) is 53.2 Å². The second-order valence-electron chi connectivity index (χ2n) is 7.41. The van der Waals surface area contributed by atoms with Gasteiger partial charge in [-0.1, -0.05) is 43.9 Å². The highest BCUT2D eigenvalue weighted by Crippen LogP contribution is 2.35. The van der Waals surface area contributed by atoms with Gasteiger partial charge in [-0.2, -0.15) is 0 Å². The summed E-state index contributed by atoms with van der Waals surface area (Å²) in [6, 6.07) is 6.70. The van der Waals surface area contributed by atoms with Gasteiger partial charge in [-0.05, 0) is 55.9 Å². The molecule has 2 N–H and O–H groups in total. The molecule has 2 rings (SSSR count). The minimum absolute atomic E-state index is 0.188. The van der Waals surface area contributed by atoms with Crippen LogP contribution in [0.4, 0.5) is 4.39 Å². The molecule has 1 fully saturated rings. The molecular formula is C23H33BFN3. The molecule has 1 saturated carbocycles. The molecular weight excluding hydrogens is 348 g/mol. The van der Waals surface area contributed by atoms with Crippen LogP contribution in [0.5, 0.6) is 0 Å². The van der Waals surface area contributed by atoms with E-state index in [2.05, 4.69) is 31.7 Å². The summed E-state index contributed by atoms with van der Waals surface area (Å²) < 4.78 is 14.1. The predicted octanol–water partition coefficient (Wildman–Crippen LogP) is 4.86. The fourth-order valence-corrected chi connectivity index (χ4v) is 3.54. The van der Waals surface area contributed by atoms with Gasteiger partial charge in [0.15, 0.2) is 0 Å². The molecule has 5 heteroatoms. The maximum Gasteiger partial charge on any atom is 0.128 e. The summed E-state index contributed by atoms with van der Waals surface area (Å²) in [5.74, 6) is 0.250. The lowest BCUT2D eigenvalue weighted by Crippen LogP contribution is -2.31. The number of hydrogen-bond acceptors (Lipinski definition) is 3. The summed E-state index contributed by atoms with van der Waals surface area (Å²) in [5.41, 5.74) is 3.42. The molecule has 1 aliphatic rings. The Bertz CT molecular complexity index is 722. The molecule has 0 saturated heterocycles. The maximum absolute atomic E-state index is 14.1. The zero-order chi connectivity index (χ0) is 20.4. The standard InChI is InChI=1S/C23H33BFN3/c1-3-8-21(27-15-4-2)22(26)19(13-14-24)23(17-10-7-11-17)28-16-18-9-5-6-12-20(18)25/h3,5-6,9,12,15,17,21,26,28H,1,4,7-8,10-11,13-14,16,24H2,2H3/b23-19-,26-22?,27-15-. The van der Waals surface area contributed by atoms with E-state index >= 15 is 0 Å². The van der Waals surface area contributed by atoms with Crippen LogP contribution in [0.25, 0.3) is 0 Å². The monoisotopic (exact) mass is 381 g/mol. The second-order valence-corrected chi connectivity index (χ2v) is 7.41. The van der Waals surface area contributed by atoms with Crippen LogP contribution in [0.1, 0.15) is 51.0 Å². The molecule has 0 heterocycles. The van der Waals surface area contributed by atoms with E-state index in [4.69, 9.17) is 5.41 Å². The van der Waals surface area contributed by atoms with Crippen molar-refractivity contribution in [2.45, 2.75) is 64.4 Å². The van der Waals surface area contributed by atoms with Crippen molar-refractivity contribution in [3.63, 3.8) is 0 Å². The highest BCUT2D eigenvalue weighted by atomic mass is 19.1. The number of hydrogen-bond donors (Lipinski definition) is 2. The Hall–Kier alpha value is -2.17. The lowest BCUT2D eigenvalue weighted by atomic mass is 9.78. The van der Waals surface area contributed by atoms with Crippen LogP contribution in [0.3, 0.4) is 0 Å². The number of aliphatic imine (C=N–C) groups is 1. The molecule has 1 aromatic rings. The van der Waals surface area contributed by atoms with E-state index in [9.17, 15) is 4.39 Å². The lowest BCUT2D eigenvalue weighted by Gasteiger charge is -2.32. The first-order chi connectivity index (χ1) is 13.6. The number of nitrogens with zero attached hydrogens (tertiary/aromatic N) is 1. The highest BCUT2D eigenvalue weighted by molar-refractivity contribution is 6.10. The lowest BCUT2D eigenvalue weighted by molar-refractivity contribution is 0.346. The van der Waals surface area contributed by atoms with Gasteiger partial charge in [0.25, 0.3) is 0 Å². The van der Waals surface area contributed by atoms with E-state index < -0.39 is 0 Å². The summed E-state index contributed by atoms with van der Waals surface area (Å²) in [5, 5.41) is 12.4. The Kier molecular flexibility index (Phi) is 9.19. The molecule has 0 amide bonds. The number of benzene rings is 1. The predicted molar refractivity (Wildman–Crippen MR) is 121 cm³/mol. The van der Waals surface area contributed by atoms with Gasteiger partial charge in [-0.25, -0.2) is 4.39 Å². The summed E-state index contributed by atoms with van der Waals surface area (Å²) in [7, 11) is 2.14. The summed E-state index contributed by atoms with van der Waals surface area (Å²) in [4.78, 5) is 4.61. The first-order valence-corrected chi connectivity index (χ1v) is 10.5. The van der Waals surface area contributed by atoms with E-state index in [1.165, 1.54) is 12.5 Å². The fraction of sp³-hybridized carbons (Fsp3) is 0.478. The van der Waals surface area contributed by atoms with Crippen molar-refractivity contribution in [1.82, 2.24) is 5.32 Å². The Morgan fingerprint density at radius 2 is 2.18 bits per heavy atom. The van der Waals surface area contributed by atoms with Gasteiger partial charge in [0.05, 0.1) is 11.8 Å². The SMILES string of the molecule is BCC/C(C(=N)C(CC=C)/N=C\CC)=C(/NCc1ccccc1F)C1CCC1. The van der Waals surface area contributed by atoms with Crippen LogP contribution in [-0.4, -0.2) is 25.8 Å². The minimum Gasteiger partial charge on any atom is -0.384 e. The number of halogens is 1. The molecule has 1 aromatic carbocycles. The zero-order valence-corrected chi connectivity index (χ0v) is 17.3. The fourth-order valence-electron chi connectivity index (χ4n) is 3.54. The second kappa shape index (κ2) is 11.6. The summed E-state index contributed by atoms with van der Waals surface area (Å²) in [6.45, 7) is 6.35. The zero-order valence-electron chi connectivity index (χ0n) is 17.3. The first kappa shape index (κ1) is 22.1. The number of rotatable bonds is 12. The molecule has 1 atom stereocenters. The Balaban J connectivity index is 2.33. The average Bonchev–Trinajstić information content (AvgIpc) is 2.65. The number of allylic oxidation sites excluding steroid dienone is 1. The first-order valence-electron chi connectivity index (χ1n) is 10.5. The van der Waals surface area contributed by atoms with Crippen LogP contribution in [-0.2, 0) is 6.54 Å². The quantitative estimate of drug-likeness (QED) is 0.303. The molecule has 0 aromatic heterocycles. The van der Waals surface area contributed by atoms with Crippen molar-refractivity contribution in [1.29, 1.82) is 5.41 Å². The molecule has 0 bridgehead atoms. The van der Waals surface area contributed by atoms with E-state index in [0.717, 1.165) is 43.3 Å². The molecule has 0 radical (unpaired) electrons. The topological polar surface area (TPSA) is 48.2 Å². The van der Waals surface area contributed by atoms with Crippen LogP contribution < -0.4 is 5.32 Å². The Morgan fingerprint density at radius 1 is 1.43 bits per heavy atom. The van der Waals surface area contributed by atoms with Gasteiger partial charge in [0, 0.05) is 17.8 Å². The van der Waals surface area contributed by atoms with Gasteiger partial charge in [-0.15, -0.1) is 6.58 Å². The van der Waals surface area contributed by atoms with Gasteiger partial charge in [0.2, 0.25) is 0 Å². The van der Waals surface area contributed by atoms with E-state index in [1.54, 1.807) is 6.07 Å². The van der Waals surface area contributed by atoms with Gasteiger partial charge < -0.3 is 10.7 Å². The number of nitrogens with one attached hydrogen (secondary N) is 2. The van der Waals surface area contributed by atoms with Crippen molar-refractivity contribution in [2.75, 3.05) is 0 Å². The molecule has 3 nitrogen and oxygen atoms in total. The van der Waals surface area contributed by atoms with E-state index in [-0.39, 0.29) is 11.9 Å². The largest absolute Gasteiger partial charge is 0.384 e. The summed E-state index contributed by atoms with van der Waals surface area (Å²) >= 11 is 0. The third kappa shape index (κ3) is 5.92. The van der Waals surface area contributed by atoms with Gasteiger partial charge in [-0.3, -0.25) is 4.99 Å². The van der Waals surface area contributed by atoms with Crippen LogP contribution >= 0.6 is 0 Å². The molecule has 1 aliphatic carbocycles. The molecule has 0 spiro atoms. The van der Waals surface area contributed by atoms with E-state index in [0.29, 0.717) is 30.2 Å². The molecule has 150 valence electrons. The molecule has 1 unspecified atom stereocenters. The van der Waals surface area contributed by atoms with Crippen molar-refractivity contribution < 1.29 is 4.39 Å². The summed E-state index contributed by atoms with van der Waals surface area (Å²) in [6.07, 6.45) is 10.5. The van der Waals surface area contributed by atoms with Gasteiger partial charge in [0.1, 0.15) is 13.7 Å². The Labute approximate surface area is 170 Å². The Morgan fingerprint density at radius 3 is 2.75 bits per heavy atom. The molecule has 0 aliphatic heterocycles. The normalized spacial score (nSPS) is 16.4.